The average Bonchev–Trinajstić information content (AvgIpc) is 2.99. The lowest BCUT2D eigenvalue weighted by Gasteiger charge is -2.13. The highest BCUT2D eigenvalue weighted by Gasteiger charge is 2.19. The van der Waals surface area contributed by atoms with Crippen molar-refractivity contribution in [2.45, 2.75) is 38.5 Å². The molecule has 0 aliphatic rings. The summed E-state index contributed by atoms with van der Waals surface area (Å²) in [5.41, 5.74) is 2.98. The van der Waals surface area contributed by atoms with E-state index in [0.29, 0.717) is 34.1 Å². The SMILES string of the molecule is Cc1ccc(NC(=O)CCc2c(C)noc2C)cc1S(=O)(=O)Nc1cccc(Cl)c1. The van der Waals surface area contributed by atoms with E-state index in [1.54, 1.807) is 44.2 Å². The molecule has 0 radical (unpaired) electrons. The summed E-state index contributed by atoms with van der Waals surface area (Å²) in [5, 5.41) is 7.05. The number of sulfonamides is 1. The monoisotopic (exact) mass is 447 g/mol. The number of amides is 1. The van der Waals surface area contributed by atoms with Crippen LogP contribution in [0.15, 0.2) is 51.9 Å². The second-order valence-corrected chi connectivity index (χ2v) is 9.03. The van der Waals surface area contributed by atoms with Crippen molar-refractivity contribution in [3.8, 4) is 0 Å². The Hall–Kier alpha value is -2.84. The smallest absolute Gasteiger partial charge is 0.262 e. The summed E-state index contributed by atoms with van der Waals surface area (Å²) >= 11 is 5.93. The third-order valence-electron chi connectivity index (χ3n) is 4.62. The number of halogens is 1. The van der Waals surface area contributed by atoms with Gasteiger partial charge in [-0.25, -0.2) is 8.42 Å². The minimum absolute atomic E-state index is 0.0750. The van der Waals surface area contributed by atoms with Crippen LogP contribution in [-0.2, 0) is 21.2 Å². The van der Waals surface area contributed by atoms with Crippen molar-refractivity contribution in [1.82, 2.24) is 5.16 Å². The van der Waals surface area contributed by atoms with Crippen LogP contribution in [0.3, 0.4) is 0 Å². The second kappa shape index (κ2) is 8.89. The third kappa shape index (κ3) is 5.20. The molecule has 0 spiro atoms. The van der Waals surface area contributed by atoms with E-state index in [1.807, 2.05) is 6.92 Å². The molecule has 3 rings (SSSR count). The highest BCUT2D eigenvalue weighted by Crippen LogP contribution is 2.24. The largest absolute Gasteiger partial charge is 0.361 e. The van der Waals surface area contributed by atoms with E-state index in [4.69, 9.17) is 16.1 Å². The number of benzene rings is 2. The number of carbonyl (C=O) groups excluding carboxylic acids is 1. The third-order valence-corrected chi connectivity index (χ3v) is 6.38. The van der Waals surface area contributed by atoms with Gasteiger partial charge >= 0.3 is 0 Å². The van der Waals surface area contributed by atoms with E-state index >= 15 is 0 Å². The maximum atomic E-state index is 12.8. The van der Waals surface area contributed by atoms with Crippen LogP contribution in [0, 0.1) is 20.8 Å². The minimum atomic E-state index is -3.86. The average molecular weight is 448 g/mol. The molecule has 9 heteroatoms. The molecule has 0 unspecified atom stereocenters. The van der Waals surface area contributed by atoms with Gasteiger partial charge in [0.15, 0.2) is 0 Å². The van der Waals surface area contributed by atoms with E-state index in [0.717, 1.165) is 11.3 Å². The van der Waals surface area contributed by atoms with Crippen LogP contribution in [0.2, 0.25) is 5.02 Å². The molecule has 158 valence electrons. The Labute approximate surface area is 180 Å². The maximum Gasteiger partial charge on any atom is 0.262 e. The normalized spacial score (nSPS) is 11.3. The first-order valence-corrected chi connectivity index (χ1v) is 11.1. The Morgan fingerprint density at radius 3 is 2.53 bits per heavy atom. The summed E-state index contributed by atoms with van der Waals surface area (Å²) < 4.78 is 33.3. The molecule has 1 heterocycles. The molecule has 30 heavy (non-hydrogen) atoms. The minimum Gasteiger partial charge on any atom is -0.361 e. The number of anilines is 2. The molecule has 2 N–H and O–H groups in total. The summed E-state index contributed by atoms with van der Waals surface area (Å²) in [6, 6.07) is 11.2. The number of nitrogens with one attached hydrogen (secondary N) is 2. The first kappa shape index (κ1) is 21.9. The zero-order valence-corrected chi connectivity index (χ0v) is 18.4. The highest BCUT2D eigenvalue weighted by molar-refractivity contribution is 7.92. The Morgan fingerprint density at radius 2 is 1.87 bits per heavy atom. The summed E-state index contributed by atoms with van der Waals surface area (Å²) in [4.78, 5) is 12.4. The first-order chi connectivity index (χ1) is 14.2. The molecular formula is C21H22ClN3O4S. The Balaban J connectivity index is 1.73. The van der Waals surface area contributed by atoms with Crippen molar-refractivity contribution in [2.24, 2.45) is 0 Å². The Morgan fingerprint density at radius 1 is 1.10 bits per heavy atom. The molecular weight excluding hydrogens is 426 g/mol. The molecule has 0 bridgehead atoms. The summed E-state index contributed by atoms with van der Waals surface area (Å²) in [6.07, 6.45) is 0.708. The van der Waals surface area contributed by atoms with Gasteiger partial charge in [0.25, 0.3) is 10.0 Å². The number of carbonyl (C=O) groups is 1. The topological polar surface area (TPSA) is 101 Å². The van der Waals surface area contributed by atoms with Gasteiger partial charge in [0, 0.05) is 22.7 Å². The maximum absolute atomic E-state index is 12.8. The van der Waals surface area contributed by atoms with Gasteiger partial charge in [0.2, 0.25) is 5.91 Å². The molecule has 1 amide bonds. The Kier molecular flexibility index (Phi) is 6.48. The summed E-state index contributed by atoms with van der Waals surface area (Å²) in [5.74, 6) is 0.459. The first-order valence-electron chi connectivity index (χ1n) is 9.26. The molecule has 7 nitrogen and oxygen atoms in total. The molecule has 0 aliphatic carbocycles. The van der Waals surface area contributed by atoms with E-state index in [1.165, 1.54) is 12.1 Å². The van der Waals surface area contributed by atoms with Crippen LogP contribution in [0.25, 0.3) is 0 Å². The van der Waals surface area contributed by atoms with Crippen LogP contribution < -0.4 is 10.0 Å². The lowest BCUT2D eigenvalue weighted by atomic mass is 10.1. The number of nitrogens with zero attached hydrogens (tertiary/aromatic N) is 1. The van der Waals surface area contributed by atoms with Gasteiger partial charge in [0.1, 0.15) is 5.76 Å². The van der Waals surface area contributed by atoms with Gasteiger partial charge in [-0.1, -0.05) is 28.9 Å². The highest BCUT2D eigenvalue weighted by atomic mass is 35.5. The predicted octanol–water partition coefficient (Wildman–Crippen LogP) is 4.63. The fourth-order valence-corrected chi connectivity index (χ4v) is 4.56. The van der Waals surface area contributed by atoms with Crippen molar-refractivity contribution >= 4 is 38.9 Å². The van der Waals surface area contributed by atoms with Crippen LogP contribution in [-0.4, -0.2) is 19.5 Å². The van der Waals surface area contributed by atoms with Gasteiger partial charge in [0.05, 0.1) is 16.3 Å². The van der Waals surface area contributed by atoms with Crippen molar-refractivity contribution in [1.29, 1.82) is 0 Å². The zero-order valence-electron chi connectivity index (χ0n) is 16.8. The molecule has 0 atom stereocenters. The van der Waals surface area contributed by atoms with Crippen LogP contribution in [0.4, 0.5) is 11.4 Å². The van der Waals surface area contributed by atoms with Gasteiger partial charge in [-0.2, -0.15) is 0 Å². The molecule has 0 fully saturated rings. The van der Waals surface area contributed by atoms with Gasteiger partial charge < -0.3 is 9.84 Å². The molecule has 1 aromatic heterocycles. The van der Waals surface area contributed by atoms with Crippen molar-refractivity contribution in [3.63, 3.8) is 0 Å². The quantitative estimate of drug-likeness (QED) is 0.550. The fourth-order valence-electron chi connectivity index (χ4n) is 3.05. The predicted molar refractivity (Wildman–Crippen MR) is 116 cm³/mol. The molecule has 3 aromatic rings. The number of aryl methyl sites for hydroxylation is 3. The van der Waals surface area contributed by atoms with Crippen molar-refractivity contribution < 1.29 is 17.7 Å². The fraction of sp³-hybridized carbons (Fsp3) is 0.238. The lowest BCUT2D eigenvalue weighted by Crippen LogP contribution is -2.16. The van der Waals surface area contributed by atoms with E-state index in [9.17, 15) is 13.2 Å². The van der Waals surface area contributed by atoms with Gasteiger partial charge in [-0.3, -0.25) is 9.52 Å². The number of aromatic nitrogens is 1. The number of hydrogen-bond donors (Lipinski definition) is 2. The molecule has 0 saturated carbocycles. The van der Waals surface area contributed by atoms with Crippen LogP contribution in [0.5, 0.6) is 0 Å². The molecule has 0 aliphatic heterocycles. The van der Waals surface area contributed by atoms with Gasteiger partial charge in [-0.15, -0.1) is 0 Å². The lowest BCUT2D eigenvalue weighted by molar-refractivity contribution is -0.116. The standard InChI is InChI=1S/C21H22ClN3O4S/c1-13-7-8-17(23-21(26)10-9-19-14(2)24-29-15(19)3)12-20(13)30(27,28)25-18-6-4-5-16(22)11-18/h4-8,11-12,25H,9-10H2,1-3H3,(H,23,26). The van der Waals surface area contributed by atoms with Crippen LogP contribution >= 0.6 is 11.6 Å². The van der Waals surface area contributed by atoms with Gasteiger partial charge in [-0.05, 0) is 63.1 Å². The second-order valence-electron chi connectivity index (χ2n) is 6.95. The number of rotatable bonds is 7. The van der Waals surface area contributed by atoms with Crippen molar-refractivity contribution in [3.05, 3.63) is 70.1 Å². The van der Waals surface area contributed by atoms with E-state index in [-0.39, 0.29) is 17.2 Å². The Bertz CT molecular complexity index is 1170. The molecule has 2 aromatic carbocycles. The molecule has 0 saturated heterocycles. The van der Waals surface area contributed by atoms with E-state index < -0.39 is 10.0 Å². The zero-order chi connectivity index (χ0) is 21.9. The van der Waals surface area contributed by atoms with Crippen molar-refractivity contribution in [2.75, 3.05) is 10.0 Å². The summed E-state index contributed by atoms with van der Waals surface area (Å²) in [7, 11) is -3.86. The number of hydrogen-bond acceptors (Lipinski definition) is 5. The van der Waals surface area contributed by atoms with E-state index in [2.05, 4.69) is 15.2 Å². The summed E-state index contributed by atoms with van der Waals surface area (Å²) in [6.45, 7) is 5.32. The van der Waals surface area contributed by atoms with Crippen LogP contribution in [0.1, 0.15) is 29.0 Å².